The predicted molar refractivity (Wildman–Crippen MR) is 50.4 cm³/mol. The smallest absolute Gasteiger partial charge is 0.213 e. The number of hydrogen-bond acceptors (Lipinski definition) is 2. The first-order valence-corrected chi connectivity index (χ1v) is 4.46. The molecule has 0 radical (unpaired) electrons. The lowest BCUT2D eigenvalue weighted by molar-refractivity contribution is 0.189. The van der Waals surface area contributed by atoms with Crippen molar-refractivity contribution in [2.24, 2.45) is 22.6 Å². The molecular formula is C8H18N4. The molecule has 1 heterocycles. The number of hydrogen-bond donors (Lipinski definition) is 2. The standard InChI is InChI=1S/C8H18N4/c1-6-4-3-5-12(7(6)2)8(9)11-10/h6-7H,3-5,10H2,1-2H3,(H2,9,11). The van der Waals surface area contributed by atoms with Crippen molar-refractivity contribution in [2.45, 2.75) is 32.7 Å². The molecule has 0 aromatic carbocycles. The van der Waals surface area contributed by atoms with Gasteiger partial charge in [0.25, 0.3) is 0 Å². The number of nitrogens with zero attached hydrogens (tertiary/aromatic N) is 2. The molecule has 0 aliphatic carbocycles. The van der Waals surface area contributed by atoms with Crippen molar-refractivity contribution in [3.63, 3.8) is 0 Å². The van der Waals surface area contributed by atoms with Crippen LogP contribution < -0.4 is 11.6 Å². The Morgan fingerprint density at radius 2 is 2.17 bits per heavy atom. The second-order valence-electron chi connectivity index (χ2n) is 3.54. The Morgan fingerprint density at radius 3 is 2.75 bits per heavy atom. The highest BCUT2D eigenvalue weighted by Crippen LogP contribution is 2.21. The third-order valence-electron chi connectivity index (χ3n) is 2.80. The average molecular weight is 170 g/mol. The van der Waals surface area contributed by atoms with Gasteiger partial charge in [-0.2, -0.15) is 0 Å². The molecule has 0 bridgehead atoms. The summed E-state index contributed by atoms with van der Waals surface area (Å²) in [6.45, 7) is 5.39. The van der Waals surface area contributed by atoms with Gasteiger partial charge in [-0.15, -0.1) is 5.10 Å². The van der Waals surface area contributed by atoms with Gasteiger partial charge < -0.3 is 16.5 Å². The molecule has 4 N–H and O–H groups in total. The van der Waals surface area contributed by atoms with Crippen LogP contribution in [0.4, 0.5) is 0 Å². The predicted octanol–water partition coefficient (Wildman–Crippen LogP) is 0.295. The first-order valence-electron chi connectivity index (χ1n) is 4.46. The Balaban J connectivity index is 2.64. The summed E-state index contributed by atoms with van der Waals surface area (Å²) in [6.07, 6.45) is 2.46. The number of nitrogens with two attached hydrogens (primary N) is 2. The Morgan fingerprint density at radius 1 is 1.50 bits per heavy atom. The maximum Gasteiger partial charge on any atom is 0.213 e. The van der Waals surface area contributed by atoms with Crippen LogP contribution in [0.1, 0.15) is 26.7 Å². The maximum absolute atomic E-state index is 5.65. The van der Waals surface area contributed by atoms with Crippen LogP contribution in [0.5, 0.6) is 0 Å². The van der Waals surface area contributed by atoms with Crippen LogP contribution in [0.2, 0.25) is 0 Å². The van der Waals surface area contributed by atoms with Crippen LogP contribution in [0.25, 0.3) is 0 Å². The maximum atomic E-state index is 5.65. The van der Waals surface area contributed by atoms with E-state index in [1.807, 2.05) is 0 Å². The fourth-order valence-corrected chi connectivity index (χ4v) is 1.73. The molecule has 12 heavy (non-hydrogen) atoms. The van der Waals surface area contributed by atoms with Crippen molar-refractivity contribution in [2.75, 3.05) is 6.54 Å². The molecule has 2 unspecified atom stereocenters. The Bertz CT molecular complexity index is 178. The molecule has 1 aliphatic rings. The van der Waals surface area contributed by atoms with Gasteiger partial charge in [-0.1, -0.05) is 6.92 Å². The summed E-state index contributed by atoms with van der Waals surface area (Å²) in [6, 6.07) is 0.464. The quantitative estimate of drug-likeness (QED) is 0.238. The molecule has 2 atom stereocenters. The van der Waals surface area contributed by atoms with Gasteiger partial charge in [0, 0.05) is 12.6 Å². The van der Waals surface area contributed by atoms with Gasteiger partial charge in [0.05, 0.1) is 0 Å². The van der Waals surface area contributed by atoms with E-state index in [-0.39, 0.29) is 0 Å². The summed E-state index contributed by atoms with van der Waals surface area (Å²) in [4.78, 5) is 2.08. The summed E-state index contributed by atoms with van der Waals surface area (Å²) in [7, 11) is 0. The Kier molecular flexibility index (Phi) is 2.78. The molecule has 1 rings (SSSR count). The third-order valence-corrected chi connectivity index (χ3v) is 2.80. The van der Waals surface area contributed by atoms with E-state index in [4.69, 9.17) is 11.6 Å². The monoisotopic (exact) mass is 170 g/mol. The molecule has 1 saturated heterocycles. The second-order valence-corrected chi connectivity index (χ2v) is 3.54. The highest BCUT2D eigenvalue weighted by Gasteiger charge is 2.25. The zero-order chi connectivity index (χ0) is 9.14. The second kappa shape index (κ2) is 3.65. The summed E-state index contributed by atoms with van der Waals surface area (Å²) in [5, 5.41) is 3.52. The van der Waals surface area contributed by atoms with E-state index < -0.39 is 0 Å². The molecule has 0 spiro atoms. The van der Waals surface area contributed by atoms with E-state index in [1.165, 1.54) is 12.8 Å². The van der Waals surface area contributed by atoms with E-state index in [0.29, 0.717) is 17.9 Å². The molecule has 70 valence electrons. The van der Waals surface area contributed by atoms with Crippen LogP contribution in [-0.4, -0.2) is 23.4 Å². The molecule has 0 aromatic rings. The van der Waals surface area contributed by atoms with Crippen molar-refractivity contribution < 1.29 is 0 Å². The first-order chi connectivity index (χ1) is 5.66. The van der Waals surface area contributed by atoms with Gasteiger partial charge in [0.1, 0.15) is 0 Å². The number of hydrazone groups is 1. The normalized spacial score (nSPS) is 32.2. The summed E-state index contributed by atoms with van der Waals surface area (Å²) in [5.41, 5.74) is 5.65. The van der Waals surface area contributed by atoms with E-state index in [9.17, 15) is 0 Å². The number of guanidine groups is 1. The fraction of sp³-hybridized carbons (Fsp3) is 0.875. The van der Waals surface area contributed by atoms with Gasteiger partial charge in [-0.25, -0.2) is 0 Å². The summed E-state index contributed by atoms with van der Waals surface area (Å²) < 4.78 is 0. The molecule has 4 nitrogen and oxygen atoms in total. The van der Waals surface area contributed by atoms with Crippen LogP contribution in [-0.2, 0) is 0 Å². The lowest BCUT2D eigenvalue weighted by Gasteiger charge is -2.38. The molecular weight excluding hydrogens is 152 g/mol. The zero-order valence-electron chi connectivity index (χ0n) is 7.83. The van der Waals surface area contributed by atoms with Crippen LogP contribution in [0, 0.1) is 5.92 Å². The first kappa shape index (κ1) is 9.16. The number of rotatable bonds is 0. The van der Waals surface area contributed by atoms with Crippen molar-refractivity contribution >= 4 is 5.96 Å². The van der Waals surface area contributed by atoms with Gasteiger partial charge in [-0.05, 0) is 25.7 Å². The Hall–Kier alpha value is -0.930. The van der Waals surface area contributed by atoms with E-state index in [2.05, 4.69) is 23.8 Å². The van der Waals surface area contributed by atoms with Crippen LogP contribution in [0.3, 0.4) is 0 Å². The van der Waals surface area contributed by atoms with E-state index in [0.717, 1.165) is 6.54 Å². The van der Waals surface area contributed by atoms with Gasteiger partial charge in [-0.3, -0.25) is 0 Å². The lowest BCUT2D eigenvalue weighted by atomic mass is 9.92. The molecule has 1 aliphatic heterocycles. The van der Waals surface area contributed by atoms with E-state index >= 15 is 0 Å². The topological polar surface area (TPSA) is 67.6 Å². The van der Waals surface area contributed by atoms with Gasteiger partial charge >= 0.3 is 0 Å². The number of piperidine rings is 1. The van der Waals surface area contributed by atoms with Crippen LogP contribution >= 0.6 is 0 Å². The van der Waals surface area contributed by atoms with Crippen LogP contribution in [0.15, 0.2) is 5.10 Å². The molecule has 1 fully saturated rings. The summed E-state index contributed by atoms with van der Waals surface area (Å²) >= 11 is 0. The van der Waals surface area contributed by atoms with Crippen molar-refractivity contribution in [3.8, 4) is 0 Å². The van der Waals surface area contributed by atoms with Crippen molar-refractivity contribution in [1.29, 1.82) is 0 Å². The molecule has 4 heteroatoms. The van der Waals surface area contributed by atoms with Gasteiger partial charge in [0.15, 0.2) is 0 Å². The minimum atomic E-state index is 0.464. The minimum Gasteiger partial charge on any atom is -0.368 e. The third kappa shape index (κ3) is 1.62. The highest BCUT2D eigenvalue weighted by molar-refractivity contribution is 5.78. The zero-order valence-corrected chi connectivity index (χ0v) is 7.83. The largest absolute Gasteiger partial charge is 0.368 e. The van der Waals surface area contributed by atoms with Crippen molar-refractivity contribution in [1.82, 2.24) is 4.90 Å². The minimum absolute atomic E-state index is 0.464. The van der Waals surface area contributed by atoms with Crippen molar-refractivity contribution in [3.05, 3.63) is 0 Å². The number of likely N-dealkylation sites (tertiary alicyclic amines) is 1. The fourth-order valence-electron chi connectivity index (χ4n) is 1.73. The Labute approximate surface area is 73.6 Å². The molecule has 0 amide bonds. The molecule has 0 aromatic heterocycles. The average Bonchev–Trinajstić information content (AvgIpc) is 2.08. The summed E-state index contributed by atoms with van der Waals surface area (Å²) in [5.74, 6) is 6.28. The highest BCUT2D eigenvalue weighted by atomic mass is 15.3. The molecule has 0 saturated carbocycles. The lowest BCUT2D eigenvalue weighted by Crippen LogP contribution is -2.49. The SMILES string of the molecule is CC1CCCN(C(N)=NN)C1C. The van der Waals surface area contributed by atoms with E-state index in [1.54, 1.807) is 0 Å². The van der Waals surface area contributed by atoms with Gasteiger partial charge in [0.2, 0.25) is 5.96 Å².